The zero-order valence-corrected chi connectivity index (χ0v) is 26.3. The van der Waals surface area contributed by atoms with Crippen LogP contribution in [-0.2, 0) is 14.6 Å². The number of aliphatic hydroxyl groups excluding tert-OH is 1. The van der Waals surface area contributed by atoms with Gasteiger partial charge >= 0.3 is 10.4 Å². The zero-order chi connectivity index (χ0) is 27.6. The van der Waals surface area contributed by atoms with Crippen LogP contribution in [0.1, 0.15) is 103 Å². The third kappa shape index (κ3) is 19.2. The molecule has 0 amide bonds. The molecular weight excluding hydrogens is 613 g/mol. The highest BCUT2D eigenvalue weighted by Crippen LogP contribution is 2.30. The summed E-state index contributed by atoms with van der Waals surface area (Å²) in [5.41, 5.74) is 0. The Balaban J connectivity index is 4.07. The van der Waals surface area contributed by atoms with Crippen molar-refractivity contribution in [2.45, 2.75) is 136 Å². The Kier molecular flexibility index (Phi) is 22.6. The number of hydrogen-bond acceptors (Lipinski definition) is 4. The smallest absolute Gasteiger partial charge is 0.390 e. The van der Waals surface area contributed by atoms with Crippen LogP contribution in [0.25, 0.3) is 0 Å². The van der Waals surface area contributed by atoms with Crippen molar-refractivity contribution in [2.24, 2.45) is 0 Å². The second-order valence-electron chi connectivity index (χ2n) is 9.16. The van der Waals surface area contributed by atoms with Crippen molar-refractivity contribution in [2.75, 3.05) is 0 Å². The van der Waals surface area contributed by atoms with Crippen molar-refractivity contribution in [1.29, 1.82) is 0 Å². The van der Waals surface area contributed by atoms with Crippen LogP contribution < -0.4 is 0 Å². The normalized spacial score (nSPS) is 17.9. The first-order chi connectivity index (χ1) is 16.9. The molecule has 0 aliphatic carbocycles. The molecule has 0 saturated heterocycles. The zero-order valence-electron chi connectivity index (χ0n) is 20.9. The summed E-state index contributed by atoms with van der Waals surface area (Å²) in [4.78, 5) is 0. The quantitative estimate of drug-likeness (QED) is 0.0497. The average molecular weight is 655 g/mol. The van der Waals surface area contributed by atoms with Gasteiger partial charge in [-0.1, -0.05) is 89.2 Å². The van der Waals surface area contributed by atoms with E-state index < -0.39 is 38.0 Å². The van der Waals surface area contributed by atoms with Crippen LogP contribution in [0.4, 0.5) is 0 Å². The van der Waals surface area contributed by atoms with Gasteiger partial charge in [0.15, 0.2) is 0 Å². The average Bonchev–Trinajstić information content (AvgIpc) is 2.83. The molecule has 2 N–H and O–H groups in total. The van der Waals surface area contributed by atoms with Gasteiger partial charge in [-0.3, -0.25) is 4.55 Å². The molecular formula is C24H42Cl6O5S. The number of halogens is 6. The summed E-state index contributed by atoms with van der Waals surface area (Å²) in [7, 11) is -4.52. The number of allylic oxidation sites excluding steroid dienone is 1. The SMILES string of the molecule is CCCCCCCCC(Cl)C(Cl)C(O)C(Cl)C(Cl)C(Cl)CCCCCCCC/C(Cl)=C/OS(=O)(=O)O. The van der Waals surface area contributed by atoms with Gasteiger partial charge in [-0.15, -0.1) is 58.0 Å². The fourth-order valence-electron chi connectivity index (χ4n) is 3.73. The fourth-order valence-corrected chi connectivity index (χ4v) is 5.85. The number of rotatable bonds is 23. The molecule has 0 aromatic carbocycles. The monoisotopic (exact) mass is 652 g/mol. The number of unbranched alkanes of at least 4 members (excludes halogenated alkanes) is 10. The summed E-state index contributed by atoms with van der Waals surface area (Å²) in [6.07, 6.45) is 14.1. The topological polar surface area (TPSA) is 83.8 Å². The minimum absolute atomic E-state index is 0.227. The number of alkyl halides is 5. The summed E-state index contributed by atoms with van der Waals surface area (Å²) >= 11 is 38.0. The van der Waals surface area contributed by atoms with E-state index in [2.05, 4.69) is 11.1 Å². The van der Waals surface area contributed by atoms with E-state index in [1.165, 1.54) is 25.7 Å². The van der Waals surface area contributed by atoms with Gasteiger partial charge in [0.2, 0.25) is 0 Å². The van der Waals surface area contributed by atoms with Crippen molar-refractivity contribution >= 4 is 80.0 Å². The first-order valence-electron chi connectivity index (χ1n) is 12.8. The van der Waals surface area contributed by atoms with Crippen LogP contribution in [0.15, 0.2) is 11.3 Å². The lowest BCUT2D eigenvalue weighted by atomic mass is 9.99. The van der Waals surface area contributed by atoms with E-state index in [9.17, 15) is 13.5 Å². The van der Waals surface area contributed by atoms with E-state index in [1.54, 1.807) is 0 Å². The van der Waals surface area contributed by atoms with Crippen LogP contribution in [-0.4, -0.2) is 51.1 Å². The Morgan fingerprint density at radius 2 is 1.19 bits per heavy atom. The molecule has 12 heteroatoms. The highest BCUT2D eigenvalue weighted by atomic mass is 35.5. The van der Waals surface area contributed by atoms with Gasteiger partial charge in [-0.05, 0) is 25.7 Å². The molecule has 0 rings (SSSR count). The van der Waals surface area contributed by atoms with Crippen molar-refractivity contribution in [1.82, 2.24) is 0 Å². The molecule has 0 aliphatic heterocycles. The standard InChI is InChI=1S/C24H42Cl6O5S/c1-2-3-4-5-9-13-16-20(27)22(29)24(31)23(30)21(28)19(26)15-12-10-7-6-8-11-14-18(25)17-35-36(32,33)34/h17,19-24,31H,2-16H2,1H3,(H,32,33,34)/b18-17-. The Labute approximate surface area is 248 Å². The Morgan fingerprint density at radius 3 is 1.69 bits per heavy atom. The van der Waals surface area contributed by atoms with Crippen LogP contribution in [0, 0.1) is 0 Å². The van der Waals surface area contributed by atoms with Crippen LogP contribution >= 0.6 is 69.6 Å². The van der Waals surface area contributed by atoms with Gasteiger partial charge in [0.1, 0.15) is 6.26 Å². The van der Waals surface area contributed by atoms with Gasteiger partial charge in [-0.2, -0.15) is 8.42 Å². The minimum atomic E-state index is -4.52. The summed E-state index contributed by atoms with van der Waals surface area (Å²) < 4.78 is 33.6. The molecule has 6 unspecified atom stereocenters. The highest BCUT2D eigenvalue weighted by molar-refractivity contribution is 7.81. The van der Waals surface area contributed by atoms with Gasteiger partial charge in [-0.25, -0.2) is 0 Å². The molecule has 0 aromatic heterocycles. The van der Waals surface area contributed by atoms with Crippen molar-refractivity contribution in [3.8, 4) is 0 Å². The molecule has 0 fully saturated rings. The van der Waals surface area contributed by atoms with Gasteiger partial charge in [0.05, 0.1) is 38.0 Å². The molecule has 0 saturated carbocycles. The summed E-state index contributed by atoms with van der Waals surface area (Å²) in [5, 5.41) is 7.91. The molecule has 6 atom stereocenters. The van der Waals surface area contributed by atoms with E-state index >= 15 is 0 Å². The molecule has 0 bridgehead atoms. The molecule has 0 spiro atoms. The molecule has 0 radical (unpaired) electrons. The lowest BCUT2D eigenvalue weighted by molar-refractivity contribution is 0.157. The Morgan fingerprint density at radius 1 is 0.750 bits per heavy atom. The second-order valence-corrected chi connectivity index (χ2v) is 13.3. The maximum absolute atomic E-state index is 10.6. The Bertz CT molecular complexity index is 682. The van der Waals surface area contributed by atoms with Crippen molar-refractivity contribution < 1.29 is 22.3 Å². The summed E-state index contributed by atoms with van der Waals surface area (Å²) in [5.74, 6) is 0. The van der Waals surface area contributed by atoms with Crippen molar-refractivity contribution in [3.05, 3.63) is 11.3 Å². The number of hydrogen-bond donors (Lipinski definition) is 2. The predicted molar refractivity (Wildman–Crippen MR) is 156 cm³/mol. The summed E-state index contributed by atoms with van der Waals surface area (Å²) in [6.45, 7) is 2.19. The lowest BCUT2D eigenvalue weighted by Crippen LogP contribution is -2.43. The second kappa shape index (κ2) is 21.9. The Hall–Kier alpha value is 1.15. The lowest BCUT2D eigenvalue weighted by Gasteiger charge is -2.29. The maximum atomic E-state index is 10.6. The molecule has 216 valence electrons. The van der Waals surface area contributed by atoms with E-state index in [-0.39, 0.29) is 10.4 Å². The van der Waals surface area contributed by atoms with E-state index in [4.69, 9.17) is 74.2 Å². The van der Waals surface area contributed by atoms with E-state index in [0.717, 1.165) is 64.0 Å². The van der Waals surface area contributed by atoms with Gasteiger partial charge in [0, 0.05) is 0 Å². The highest BCUT2D eigenvalue weighted by Gasteiger charge is 2.36. The third-order valence-electron chi connectivity index (χ3n) is 5.92. The van der Waals surface area contributed by atoms with E-state index in [1.807, 2.05) is 0 Å². The van der Waals surface area contributed by atoms with Crippen LogP contribution in [0.3, 0.4) is 0 Å². The van der Waals surface area contributed by atoms with Crippen LogP contribution in [0.5, 0.6) is 0 Å². The molecule has 0 aliphatic rings. The molecule has 0 heterocycles. The first kappa shape index (κ1) is 37.1. The largest absolute Gasteiger partial charge is 0.445 e. The number of aliphatic hydroxyl groups is 1. The van der Waals surface area contributed by atoms with Crippen molar-refractivity contribution in [3.63, 3.8) is 0 Å². The summed E-state index contributed by atoms with van der Waals surface area (Å²) in [6, 6.07) is 0. The van der Waals surface area contributed by atoms with Gasteiger partial charge in [0.25, 0.3) is 0 Å². The molecule has 0 aromatic rings. The fraction of sp³-hybridized carbons (Fsp3) is 0.917. The maximum Gasteiger partial charge on any atom is 0.445 e. The third-order valence-corrected chi connectivity index (χ3v) is 9.58. The van der Waals surface area contributed by atoms with Gasteiger partial charge < -0.3 is 9.29 Å². The van der Waals surface area contributed by atoms with Crippen LogP contribution in [0.2, 0.25) is 0 Å². The molecule has 5 nitrogen and oxygen atoms in total. The molecule has 36 heavy (non-hydrogen) atoms. The first-order valence-corrected chi connectivity index (χ1v) is 16.7. The minimum Gasteiger partial charge on any atom is -0.390 e. The predicted octanol–water partition coefficient (Wildman–Crippen LogP) is 9.16. The van der Waals surface area contributed by atoms with E-state index in [0.29, 0.717) is 12.8 Å².